The Morgan fingerprint density at radius 3 is 2.95 bits per heavy atom. The van der Waals surface area contributed by atoms with Gasteiger partial charge in [0.05, 0.1) is 10.7 Å². The lowest BCUT2D eigenvalue weighted by Crippen LogP contribution is -2.31. The number of thiazole rings is 1. The quantitative estimate of drug-likeness (QED) is 0.859. The lowest BCUT2D eigenvalue weighted by molar-refractivity contribution is -0.132. The van der Waals surface area contributed by atoms with Crippen molar-refractivity contribution in [3.63, 3.8) is 0 Å². The van der Waals surface area contributed by atoms with Gasteiger partial charge in [-0.1, -0.05) is 0 Å². The van der Waals surface area contributed by atoms with E-state index in [-0.39, 0.29) is 0 Å². The molecule has 2 aliphatic heterocycles. The minimum Gasteiger partial charge on any atom is -0.342 e. The third-order valence-electron chi connectivity index (χ3n) is 5.42. The van der Waals surface area contributed by atoms with E-state index in [1.165, 1.54) is 25.0 Å². The Kier molecular flexibility index (Phi) is 3.30. The van der Waals surface area contributed by atoms with Crippen molar-refractivity contribution in [2.45, 2.75) is 39.2 Å². The van der Waals surface area contributed by atoms with E-state index in [0.717, 1.165) is 44.2 Å². The van der Waals surface area contributed by atoms with Gasteiger partial charge in [0.15, 0.2) is 0 Å². The summed E-state index contributed by atoms with van der Waals surface area (Å²) in [4.78, 5) is 21.7. The molecule has 1 saturated carbocycles. The molecule has 2 saturated heterocycles. The number of carbonyl (C=O) groups excluding carboxylic acids is 1. The zero-order valence-electron chi connectivity index (χ0n) is 12.7. The molecule has 2 atom stereocenters. The van der Waals surface area contributed by atoms with Crippen LogP contribution in [0.1, 0.15) is 36.4 Å². The van der Waals surface area contributed by atoms with Crippen molar-refractivity contribution in [3.8, 4) is 0 Å². The Morgan fingerprint density at radius 2 is 2.24 bits per heavy atom. The molecule has 4 rings (SSSR count). The van der Waals surface area contributed by atoms with Crippen LogP contribution >= 0.6 is 11.3 Å². The summed E-state index contributed by atoms with van der Waals surface area (Å²) in [6, 6.07) is 0. The molecule has 1 amide bonds. The number of aryl methyl sites for hydroxylation is 1. The lowest BCUT2D eigenvalue weighted by atomic mass is 10.0. The van der Waals surface area contributed by atoms with E-state index in [4.69, 9.17) is 0 Å². The van der Waals surface area contributed by atoms with Gasteiger partial charge in [-0.2, -0.15) is 0 Å². The van der Waals surface area contributed by atoms with Gasteiger partial charge in [0.1, 0.15) is 0 Å². The molecule has 1 aliphatic carbocycles. The van der Waals surface area contributed by atoms with Crippen molar-refractivity contribution in [3.05, 3.63) is 16.1 Å². The van der Waals surface area contributed by atoms with Crippen molar-refractivity contribution in [2.75, 3.05) is 26.2 Å². The predicted octanol–water partition coefficient (Wildman–Crippen LogP) is 2.29. The van der Waals surface area contributed by atoms with Gasteiger partial charge in [-0.15, -0.1) is 11.3 Å². The van der Waals surface area contributed by atoms with Crippen LogP contribution in [0.5, 0.6) is 0 Å². The molecule has 4 nitrogen and oxygen atoms in total. The summed E-state index contributed by atoms with van der Waals surface area (Å²) in [6.07, 6.45) is 4.71. The van der Waals surface area contributed by atoms with E-state index in [0.29, 0.717) is 17.2 Å². The normalized spacial score (nSPS) is 32.2. The number of hydrogen-bond donors (Lipinski definition) is 0. The van der Waals surface area contributed by atoms with Crippen molar-refractivity contribution in [1.29, 1.82) is 0 Å². The van der Waals surface area contributed by atoms with Crippen LogP contribution in [0, 0.1) is 18.3 Å². The molecule has 3 fully saturated rings. The highest BCUT2D eigenvalue weighted by atomic mass is 32.1. The van der Waals surface area contributed by atoms with E-state index in [1.807, 2.05) is 0 Å². The number of aromatic nitrogens is 1. The van der Waals surface area contributed by atoms with Gasteiger partial charge in [-0.3, -0.25) is 9.69 Å². The van der Waals surface area contributed by atoms with Gasteiger partial charge in [-0.25, -0.2) is 4.98 Å². The highest BCUT2D eigenvalue weighted by Gasteiger charge is 2.61. The van der Waals surface area contributed by atoms with Crippen LogP contribution in [-0.4, -0.2) is 46.9 Å². The second-order valence-corrected chi connectivity index (χ2v) is 8.03. The van der Waals surface area contributed by atoms with Crippen LogP contribution in [0.4, 0.5) is 0 Å². The molecule has 1 spiro atoms. The highest BCUT2D eigenvalue weighted by molar-refractivity contribution is 7.09. The summed E-state index contributed by atoms with van der Waals surface area (Å²) >= 11 is 1.73. The highest BCUT2D eigenvalue weighted by Crippen LogP contribution is 2.59. The number of rotatable bonds is 3. The Balaban J connectivity index is 1.35. The second-order valence-electron chi connectivity index (χ2n) is 6.97. The summed E-state index contributed by atoms with van der Waals surface area (Å²) in [7, 11) is 0. The SMILES string of the molecule is Cc1nc(CN2CC[C@@]3(C[C@@H]3C(=O)N3CCCC3)C2)cs1. The maximum Gasteiger partial charge on any atom is 0.226 e. The van der Waals surface area contributed by atoms with Gasteiger partial charge >= 0.3 is 0 Å². The van der Waals surface area contributed by atoms with E-state index in [1.54, 1.807) is 11.3 Å². The molecule has 21 heavy (non-hydrogen) atoms. The minimum atomic E-state index is 0.310. The van der Waals surface area contributed by atoms with Crippen LogP contribution in [0.3, 0.4) is 0 Å². The van der Waals surface area contributed by atoms with Crippen molar-refractivity contribution < 1.29 is 4.79 Å². The maximum absolute atomic E-state index is 12.5. The molecule has 3 aliphatic rings. The standard InChI is InChI=1S/C16H23N3OS/c1-12-17-13(10-21-12)9-18-7-4-16(11-18)8-14(16)15(20)19-5-2-3-6-19/h10,14H,2-9,11H2,1H3/t14-,16-/m1/s1. The molecule has 0 radical (unpaired) electrons. The Bertz CT molecular complexity index is 551. The predicted molar refractivity (Wildman–Crippen MR) is 83.1 cm³/mol. The fourth-order valence-corrected chi connectivity index (χ4v) is 4.74. The van der Waals surface area contributed by atoms with Crippen LogP contribution in [0.2, 0.25) is 0 Å². The number of nitrogens with zero attached hydrogens (tertiary/aromatic N) is 3. The van der Waals surface area contributed by atoms with Crippen LogP contribution < -0.4 is 0 Å². The van der Waals surface area contributed by atoms with Crippen LogP contribution in [0.15, 0.2) is 5.38 Å². The van der Waals surface area contributed by atoms with Crippen molar-refractivity contribution in [1.82, 2.24) is 14.8 Å². The van der Waals surface area contributed by atoms with Gasteiger partial charge in [0.2, 0.25) is 5.91 Å². The molecule has 0 N–H and O–H groups in total. The Hall–Kier alpha value is -0.940. The van der Waals surface area contributed by atoms with E-state index < -0.39 is 0 Å². The zero-order valence-corrected chi connectivity index (χ0v) is 13.5. The van der Waals surface area contributed by atoms with Crippen molar-refractivity contribution >= 4 is 17.2 Å². The summed E-state index contributed by atoms with van der Waals surface area (Å²) in [6.45, 7) is 7.22. The first-order valence-electron chi connectivity index (χ1n) is 8.08. The fraction of sp³-hybridized carbons (Fsp3) is 0.750. The molecule has 1 aromatic heterocycles. The zero-order chi connectivity index (χ0) is 14.4. The smallest absolute Gasteiger partial charge is 0.226 e. The molecule has 0 aromatic carbocycles. The monoisotopic (exact) mass is 305 g/mol. The molecule has 5 heteroatoms. The van der Waals surface area contributed by atoms with Gasteiger partial charge < -0.3 is 4.90 Å². The molecule has 114 valence electrons. The topological polar surface area (TPSA) is 36.4 Å². The second kappa shape index (κ2) is 5.06. The number of amides is 1. The van der Waals surface area contributed by atoms with Crippen molar-refractivity contribution in [2.24, 2.45) is 11.3 Å². The third kappa shape index (κ3) is 2.50. The molecule has 3 heterocycles. The number of likely N-dealkylation sites (tertiary alicyclic amines) is 2. The third-order valence-corrected chi connectivity index (χ3v) is 6.24. The molecule has 0 bridgehead atoms. The maximum atomic E-state index is 12.5. The average Bonchev–Trinajstić information content (AvgIpc) is 2.91. The average molecular weight is 305 g/mol. The Labute approximate surface area is 130 Å². The molecular weight excluding hydrogens is 282 g/mol. The van der Waals surface area contributed by atoms with Gasteiger partial charge in [0.25, 0.3) is 0 Å². The first-order chi connectivity index (χ1) is 10.2. The van der Waals surface area contributed by atoms with Crippen LogP contribution in [0.25, 0.3) is 0 Å². The van der Waals surface area contributed by atoms with Gasteiger partial charge in [-0.05, 0) is 44.6 Å². The molecule has 1 aromatic rings. The molecular formula is C16H23N3OS. The summed E-state index contributed by atoms with van der Waals surface area (Å²) < 4.78 is 0. The lowest BCUT2D eigenvalue weighted by Gasteiger charge is -2.18. The Morgan fingerprint density at radius 1 is 1.43 bits per heavy atom. The summed E-state index contributed by atoms with van der Waals surface area (Å²) in [5, 5.41) is 3.31. The number of hydrogen-bond acceptors (Lipinski definition) is 4. The first-order valence-corrected chi connectivity index (χ1v) is 8.96. The number of carbonyl (C=O) groups is 1. The van der Waals surface area contributed by atoms with Gasteiger partial charge in [0, 0.05) is 37.5 Å². The first kappa shape index (κ1) is 13.7. The largest absolute Gasteiger partial charge is 0.342 e. The van der Waals surface area contributed by atoms with E-state index >= 15 is 0 Å². The summed E-state index contributed by atoms with van der Waals surface area (Å²) in [5.41, 5.74) is 1.50. The molecule has 0 unspecified atom stereocenters. The fourth-order valence-electron chi connectivity index (χ4n) is 4.13. The van der Waals surface area contributed by atoms with E-state index in [2.05, 4.69) is 27.1 Å². The summed E-state index contributed by atoms with van der Waals surface area (Å²) in [5.74, 6) is 0.761. The minimum absolute atomic E-state index is 0.310. The van der Waals surface area contributed by atoms with Crippen LogP contribution in [-0.2, 0) is 11.3 Å². The van der Waals surface area contributed by atoms with E-state index in [9.17, 15) is 4.79 Å².